The summed E-state index contributed by atoms with van der Waals surface area (Å²) in [5.74, 6) is 0.363. The summed E-state index contributed by atoms with van der Waals surface area (Å²) in [6.45, 7) is 1.05. The lowest BCUT2D eigenvalue weighted by atomic mass is 9.98. The first-order valence-electron chi connectivity index (χ1n) is 14.0. The van der Waals surface area contributed by atoms with E-state index < -0.39 is 11.1 Å². The molecule has 9 heteroatoms. The van der Waals surface area contributed by atoms with Gasteiger partial charge in [-0.3, -0.25) is 14.9 Å². The van der Waals surface area contributed by atoms with E-state index in [1.165, 1.54) is 12.1 Å². The van der Waals surface area contributed by atoms with Gasteiger partial charge in [-0.2, -0.15) is 0 Å². The fraction of sp³-hybridized carbons (Fsp3) is 0.114. The molecule has 5 aromatic rings. The molecule has 220 valence electrons. The first kappa shape index (κ1) is 29.2. The van der Waals surface area contributed by atoms with Crippen LogP contribution in [0.25, 0.3) is 0 Å². The number of nitro benzene ring substituents is 1. The molecule has 1 aliphatic rings. The molecule has 0 aliphatic carbocycles. The third-order valence-electron chi connectivity index (χ3n) is 7.56. The normalized spacial score (nSPS) is 14.3. The number of halogens is 2. The van der Waals surface area contributed by atoms with Crippen LogP contribution in [-0.2, 0) is 19.7 Å². The Morgan fingerprint density at radius 1 is 0.750 bits per heavy atom. The second-order valence-corrected chi connectivity index (χ2v) is 11.3. The third-order valence-corrected chi connectivity index (χ3v) is 8.15. The maximum atomic E-state index is 14.2. The molecule has 0 fully saturated rings. The van der Waals surface area contributed by atoms with Gasteiger partial charge < -0.3 is 14.5 Å². The summed E-state index contributed by atoms with van der Waals surface area (Å²) in [6, 6.07) is 37.1. The topological polar surface area (TPSA) is 75.9 Å². The second-order valence-electron chi connectivity index (χ2n) is 10.5. The molecule has 0 saturated heterocycles. The van der Waals surface area contributed by atoms with Gasteiger partial charge in [0, 0.05) is 40.8 Å². The number of hydrogen-bond acceptors (Lipinski definition) is 5. The molecule has 1 aliphatic heterocycles. The molecular weight excluding hydrogens is 597 g/mol. The van der Waals surface area contributed by atoms with Crippen LogP contribution in [0.15, 0.2) is 121 Å². The van der Waals surface area contributed by atoms with Gasteiger partial charge in [-0.25, -0.2) is 0 Å². The van der Waals surface area contributed by atoms with Crippen LogP contribution in [-0.4, -0.2) is 15.7 Å². The van der Waals surface area contributed by atoms with Gasteiger partial charge >= 0.3 is 0 Å². The first-order chi connectivity index (χ1) is 21.4. The zero-order valence-electron chi connectivity index (χ0n) is 23.5. The molecule has 44 heavy (non-hydrogen) atoms. The molecule has 6 rings (SSSR count). The van der Waals surface area contributed by atoms with Crippen LogP contribution in [0.4, 0.5) is 11.4 Å². The van der Waals surface area contributed by atoms with Crippen molar-refractivity contribution in [3.8, 4) is 5.75 Å². The van der Waals surface area contributed by atoms with Crippen LogP contribution in [0.3, 0.4) is 0 Å². The number of fused-ring (bicyclic) bond motifs is 1. The molecule has 0 saturated carbocycles. The SMILES string of the molecule is O=C1c2cc([N+](=O)[O-])ccc2N(Cc2ccccc2)[C@@H](c2ccc(OCc3ccc(Cl)cc3Cl)cc2)N1Cc1ccccc1. The van der Waals surface area contributed by atoms with E-state index >= 15 is 0 Å². The van der Waals surface area contributed by atoms with Gasteiger partial charge in [0.15, 0.2) is 0 Å². The van der Waals surface area contributed by atoms with Crippen molar-refractivity contribution in [2.45, 2.75) is 25.9 Å². The Morgan fingerprint density at radius 2 is 1.39 bits per heavy atom. The molecule has 1 atom stereocenters. The highest BCUT2D eigenvalue weighted by atomic mass is 35.5. The summed E-state index contributed by atoms with van der Waals surface area (Å²) in [6.07, 6.45) is -0.503. The summed E-state index contributed by atoms with van der Waals surface area (Å²) in [5, 5.41) is 12.8. The van der Waals surface area contributed by atoms with E-state index in [2.05, 4.69) is 4.90 Å². The van der Waals surface area contributed by atoms with Crippen LogP contribution in [0.5, 0.6) is 5.75 Å². The minimum Gasteiger partial charge on any atom is -0.489 e. The molecule has 0 bridgehead atoms. The Labute approximate surface area is 265 Å². The zero-order chi connectivity index (χ0) is 30.6. The molecule has 0 aromatic heterocycles. The number of non-ortho nitro benzene ring substituents is 1. The Kier molecular flexibility index (Phi) is 8.50. The van der Waals surface area contributed by atoms with Crippen molar-refractivity contribution in [1.82, 2.24) is 4.90 Å². The second kappa shape index (κ2) is 12.8. The van der Waals surface area contributed by atoms with Crippen molar-refractivity contribution in [2.75, 3.05) is 4.90 Å². The highest BCUT2D eigenvalue weighted by Crippen LogP contribution is 2.42. The molecule has 1 amide bonds. The third kappa shape index (κ3) is 6.25. The maximum Gasteiger partial charge on any atom is 0.270 e. The summed E-state index contributed by atoms with van der Waals surface area (Å²) in [7, 11) is 0. The van der Waals surface area contributed by atoms with Gasteiger partial charge in [0.05, 0.1) is 16.2 Å². The minimum atomic E-state index is -0.503. The van der Waals surface area contributed by atoms with E-state index in [1.54, 1.807) is 23.1 Å². The Bertz CT molecular complexity index is 1800. The summed E-state index contributed by atoms with van der Waals surface area (Å²) in [4.78, 5) is 29.3. The average Bonchev–Trinajstić information content (AvgIpc) is 3.04. The van der Waals surface area contributed by atoms with E-state index in [9.17, 15) is 14.9 Å². The average molecular weight is 625 g/mol. The molecule has 5 aromatic carbocycles. The number of amides is 1. The Hall–Kier alpha value is -4.85. The van der Waals surface area contributed by atoms with Gasteiger partial charge in [0.25, 0.3) is 11.6 Å². The number of anilines is 1. The Morgan fingerprint density at radius 3 is 2.00 bits per heavy atom. The van der Waals surface area contributed by atoms with Crippen LogP contribution < -0.4 is 9.64 Å². The van der Waals surface area contributed by atoms with Gasteiger partial charge in [0.2, 0.25) is 0 Å². The lowest BCUT2D eigenvalue weighted by Gasteiger charge is -2.46. The summed E-state index contributed by atoms with van der Waals surface area (Å²) >= 11 is 12.4. The number of nitrogens with zero attached hydrogens (tertiary/aromatic N) is 3. The Balaban J connectivity index is 1.40. The lowest BCUT2D eigenvalue weighted by Crippen LogP contribution is -2.48. The minimum absolute atomic E-state index is 0.128. The molecule has 0 radical (unpaired) electrons. The molecule has 0 N–H and O–H groups in total. The van der Waals surface area contributed by atoms with Crippen molar-refractivity contribution in [3.63, 3.8) is 0 Å². The van der Waals surface area contributed by atoms with Gasteiger partial charge in [-0.1, -0.05) is 102 Å². The van der Waals surface area contributed by atoms with E-state index in [4.69, 9.17) is 27.9 Å². The van der Waals surface area contributed by atoms with Gasteiger partial charge in [-0.15, -0.1) is 0 Å². The number of benzene rings is 5. The molecule has 1 heterocycles. The number of rotatable bonds is 9. The monoisotopic (exact) mass is 623 g/mol. The maximum absolute atomic E-state index is 14.2. The smallest absolute Gasteiger partial charge is 0.270 e. The predicted molar refractivity (Wildman–Crippen MR) is 172 cm³/mol. The number of carbonyl (C=O) groups is 1. The highest BCUT2D eigenvalue weighted by molar-refractivity contribution is 6.35. The fourth-order valence-electron chi connectivity index (χ4n) is 5.41. The highest BCUT2D eigenvalue weighted by Gasteiger charge is 2.39. The fourth-order valence-corrected chi connectivity index (χ4v) is 5.87. The van der Waals surface area contributed by atoms with Crippen molar-refractivity contribution in [3.05, 3.63) is 169 Å². The molecule has 0 unspecified atom stereocenters. The van der Waals surface area contributed by atoms with Gasteiger partial charge in [0.1, 0.15) is 18.5 Å². The number of ether oxygens (including phenoxy) is 1. The first-order valence-corrected chi connectivity index (χ1v) is 14.7. The molecule has 0 spiro atoms. The van der Waals surface area contributed by atoms with Crippen LogP contribution >= 0.6 is 23.2 Å². The van der Waals surface area contributed by atoms with Crippen molar-refractivity contribution in [2.24, 2.45) is 0 Å². The lowest BCUT2D eigenvalue weighted by molar-refractivity contribution is -0.384. The molecular formula is C35H27Cl2N3O4. The number of nitro groups is 1. The summed E-state index contributed by atoms with van der Waals surface area (Å²) < 4.78 is 6.03. The predicted octanol–water partition coefficient (Wildman–Crippen LogP) is 8.84. The summed E-state index contributed by atoms with van der Waals surface area (Å²) in [5.41, 5.74) is 4.46. The van der Waals surface area contributed by atoms with E-state index in [0.29, 0.717) is 40.1 Å². The van der Waals surface area contributed by atoms with Crippen molar-refractivity contribution < 1.29 is 14.5 Å². The van der Waals surface area contributed by atoms with Crippen LogP contribution in [0.1, 0.15) is 38.8 Å². The molecule has 7 nitrogen and oxygen atoms in total. The van der Waals surface area contributed by atoms with E-state index in [-0.39, 0.29) is 18.2 Å². The van der Waals surface area contributed by atoms with Gasteiger partial charge in [-0.05, 0) is 47.0 Å². The number of hydrogen-bond donors (Lipinski definition) is 0. The van der Waals surface area contributed by atoms with Crippen molar-refractivity contribution >= 4 is 40.5 Å². The van der Waals surface area contributed by atoms with Crippen LogP contribution in [0.2, 0.25) is 10.0 Å². The quantitative estimate of drug-likeness (QED) is 0.121. The largest absolute Gasteiger partial charge is 0.489 e. The number of carbonyl (C=O) groups excluding carboxylic acids is 1. The van der Waals surface area contributed by atoms with E-state index in [1.807, 2.05) is 91.0 Å². The standard InChI is InChI=1S/C35H27Cl2N3O4/c36-28-14-11-27(32(37)19-28)23-44-30-16-12-26(13-17-30)34-38(21-24-7-3-1-4-8-24)33-18-15-29(40(42)43)20-31(33)35(41)39(34)22-25-9-5-2-6-10-25/h1-20,34H,21-23H2/t34-/m1/s1. The zero-order valence-corrected chi connectivity index (χ0v) is 25.0. The van der Waals surface area contributed by atoms with Crippen LogP contribution in [0, 0.1) is 10.1 Å². The van der Waals surface area contributed by atoms with E-state index in [0.717, 1.165) is 22.3 Å². The van der Waals surface area contributed by atoms with Crippen molar-refractivity contribution in [1.29, 1.82) is 0 Å².